The summed E-state index contributed by atoms with van der Waals surface area (Å²) in [6.45, 7) is 1.89. The van der Waals surface area contributed by atoms with Gasteiger partial charge in [0.1, 0.15) is 0 Å². The van der Waals surface area contributed by atoms with Gasteiger partial charge in [-0.05, 0) is 19.1 Å². The fourth-order valence-electron chi connectivity index (χ4n) is 0.710. The molecule has 0 atom stereocenters. The van der Waals surface area contributed by atoms with Crippen LogP contribution in [0.1, 0.15) is 16.1 Å². The number of pyridine rings is 1. The van der Waals surface area contributed by atoms with Crippen LogP contribution in [0.4, 0.5) is 0 Å². The molecule has 0 fully saturated rings. The maximum atomic E-state index is 11.0. The average molecular weight is 295 g/mol. The predicted molar refractivity (Wildman–Crippen MR) is 57.4 cm³/mol. The van der Waals surface area contributed by atoms with E-state index in [9.17, 15) is 4.79 Å². The average Bonchev–Trinajstić information content (AvgIpc) is 2.05. The molecule has 0 N–H and O–H groups in total. The minimum Gasteiger partial charge on any atom is -0.293 e. The second kappa shape index (κ2) is 5.43. The van der Waals surface area contributed by atoms with Gasteiger partial charge >= 0.3 is 0 Å². The molecule has 1 aromatic rings. The highest BCUT2D eigenvalue weighted by Gasteiger charge is 2.01. The molecule has 0 saturated carbocycles. The van der Waals surface area contributed by atoms with Gasteiger partial charge in [-0.3, -0.25) is 9.78 Å². The first-order chi connectivity index (χ1) is 5.24. The molecule has 0 aliphatic heterocycles. The molecule has 0 amide bonds. The van der Waals surface area contributed by atoms with E-state index in [4.69, 9.17) is 0 Å². The summed E-state index contributed by atoms with van der Waals surface area (Å²) in [5.41, 5.74) is 1.59. The molecule has 0 unspecified atom stereocenters. The molecule has 0 aliphatic carbocycles. The molecule has 0 spiro atoms. The van der Waals surface area contributed by atoms with Crippen molar-refractivity contribution in [2.75, 3.05) is 5.33 Å². The fourth-order valence-corrected chi connectivity index (χ4v) is 1.03. The van der Waals surface area contributed by atoms with Crippen LogP contribution in [0, 0.1) is 6.92 Å². The Balaban J connectivity index is 0.00000121. The van der Waals surface area contributed by atoms with E-state index in [1.165, 1.54) is 0 Å². The van der Waals surface area contributed by atoms with Crippen LogP contribution in [0.15, 0.2) is 18.3 Å². The van der Waals surface area contributed by atoms with Crippen LogP contribution >= 0.6 is 32.9 Å². The number of hydrogen-bond donors (Lipinski definition) is 0. The number of alkyl halides is 1. The van der Waals surface area contributed by atoms with Crippen molar-refractivity contribution in [3.63, 3.8) is 0 Å². The lowest BCUT2D eigenvalue weighted by molar-refractivity contribution is 0.102. The van der Waals surface area contributed by atoms with E-state index >= 15 is 0 Å². The van der Waals surface area contributed by atoms with Gasteiger partial charge in [-0.1, -0.05) is 15.9 Å². The molecule has 12 heavy (non-hydrogen) atoms. The van der Waals surface area contributed by atoms with Gasteiger partial charge < -0.3 is 0 Å². The zero-order valence-electron chi connectivity index (χ0n) is 6.58. The summed E-state index contributed by atoms with van der Waals surface area (Å²) in [6.07, 6.45) is 1.60. The molecule has 2 nitrogen and oxygen atoms in total. The van der Waals surface area contributed by atoms with E-state index in [1.807, 2.05) is 13.0 Å². The molecule has 1 aromatic heterocycles. The van der Waals surface area contributed by atoms with Crippen molar-refractivity contribution >= 4 is 38.7 Å². The molecule has 0 bridgehead atoms. The predicted octanol–water partition coefficient (Wildman–Crippen LogP) is 2.55. The van der Waals surface area contributed by atoms with Gasteiger partial charge in [0.25, 0.3) is 0 Å². The Morgan fingerprint density at radius 3 is 2.67 bits per heavy atom. The Morgan fingerprint density at radius 2 is 2.25 bits per heavy atom. The van der Waals surface area contributed by atoms with E-state index in [0.29, 0.717) is 10.9 Å². The van der Waals surface area contributed by atoms with Gasteiger partial charge in [0.15, 0.2) is 5.78 Å². The van der Waals surface area contributed by atoms with Crippen LogP contribution in [-0.4, -0.2) is 16.1 Å². The summed E-state index contributed by atoms with van der Waals surface area (Å²) in [7, 11) is 0. The summed E-state index contributed by atoms with van der Waals surface area (Å²) in [6, 6.07) is 3.61. The number of hydrogen-bond acceptors (Lipinski definition) is 2. The molecule has 1 heterocycles. The standard InChI is InChI=1S/C8H8BrNO.BrH/c1-6-2-3-7(5-10-6)8(11)4-9;/h2-3,5H,4H2,1H3;1H. The Bertz CT molecular complexity index is 258. The zero-order valence-corrected chi connectivity index (χ0v) is 9.88. The lowest BCUT2D eigenvalue weighted by Gasteiger charge is -1.95. The first-order valence-electron chi connectivity index (χ1n) is 3.26. The largest absolute Gasteiger partial charge is 0.293 e. The van der Waals surface area contributed by atoms with Crippen molar-refractivity contribution in [1.82, 2.24) is 4.98 Å². The number of ketones is 1. The SMILES string of the molecule is Br.Cc1ccc(C(=O)CBr)cn1. The minimum atomic E-state index is 0. The van der Waals surface area contributed by atoms with Crippen molar-refractivity contribution in [1.29, 1.82) is 0 Å². The fraction of sp³-hybridized carbons (Fsp3) is 0.250. The molecule has 4 heteroatoms. The van der Waals surface area contributed by atoms with Crippen molar-refractivity contribution in [2.24, 2.45) is 0 Å². The molecule has 0 aromatic carbocycles. The second-order valence-corrected chi connectivity index (χ2v) is 2.81. The number of aryl methyl sites for hydroxylation is 1. The Hall–Kier alpha value is -0.220. The Labute approximate surface area is 90.3 Å². The summed E-state index contributed by atoms with van der Waals surface area (Å²) >= 11 is 3.09. The molecular weight excluding hydrogens is 286 g/mol. The number of carbonyl (C=O) groups is 1. The van der Waals surface area contributed by atoms with Crippen molar-refractivity contribution in [2.45, 2.75) is 6.92 Å². The number of rotatable bonds is 2. The third kappa shape index (κ3) is 3.03. The number of carbonyl (C=O) groups excluding carboxylic acids is 1. The third-order valence-electron chi connectivity index (χ3n) is 1.35. The van der Waals surface area contributed by atoms with Gasteiger partial charge in [0, 0.05) is 17.5 Å². The van der Waals surface area contributed by atoms with Gasteiger partial charge in [-0.15, -0.1) is 17.0 Å². The normalized spacial score (nSPS) is 8.83. The third-order valence-corrected chi connectivity index (χ3v) is 1.86. The van der Waals surface area contributed by atoms with Crippen molar-refractivity contribution in [3.8, 4) is 0 Å². The van der Waals surface area contributed by atoms with Crippen LogP contribution in [0.25, 0.3) is 0 Å². The lowest BCUT2D eigenvalue weighted by Crippen LogP contribution is -2.00. The number of nitrogens with zero attached hydrogens (tertiary/aromatic N) is 1. The first-order valence-corrected chi connectivity index (χ1v) is 4.38. The van der Waals surface area contributed by atoms with Gasteiger partial charge in [0.2, 0.25) is 0 Å². The smallest absolute Gasteiger partial charge is 0.174 e. The molecular formula is C8H9Br2NO. The van der Waals surface area contributed by atoms with Gasteiger partial charge in [0.05, 0.1) is 5.33 Å². The molecule has 0 aliphatic rings. The van der Waals surface area contributed by atoms with Crippen LogP contribution in [-0.2, 0) is 0 Å². The summed E-state index contributed by atoms with van der Waals surface area (Å²) in [4.78, 5) is 15.0. The maximum absolute atomic E-state index is 11.0. The molecule has 1 rings (SSSR count). The van der Waals surface area contributed by atoms with Crippen LogP contribution in [0.3, 0.4) is 0 Å². The van der Waals surface area contributed by atoms with E-state index < -0.39 is 0 Å². The highest BCUT2D eigenvalue weighted by Crippen LogP contribution is 2.01. The van der Waals surface area contributed by atoms with Crippen LogP contribution in [0.2, 0.25) is 0 Å². The summed E-state index contributed by atoms with van der Waals surface area (Å²) in [5.74, 6) is 0.0671. The Kier molecular flexibility index (Phi) is 5.33. The highest BCUT2D eigenvalue weighted by molar-refractivity contribution is 9.09. The maximum Gasteiger partial charge on any atom is 0.174 e. The van der Waals surface area contributed by atoms with E-state index in [1.54, 1.807) is 12.3 Å². The molecule has 0 radical (unpaired) electrons. The monoisotopic (exact) mass is 293 g/mol. The topological polar surface area (TPSA) is 30.0 Å². The molecule has 66 valence electrons. The first kappa shape index (κ1) is 11.8. The van der Waals surface area contributed by atoms with E-state index in [2.05, 4.69) is 20.9 Å². The number of aromatic nitrogens is 1. The minimum absolute atomic E-state index is 0. The number of halogens is 2. The van der Waals surface area contributed by atoms with E-state index in [-0.39, 0.29) is 22.8 Å². The van der Waals surface area contributed by atoms with Crippen LogP contribution in [0.5, 0.6) is 0 Å². The van der Waals surface area contributed by atoms with Gasteiger partial charge in [-0.2, -0.15) is 0 Å². The Morgan fingerprint density at radius 1 is 1.58 bits per heavy atom. The highest BCUT2D eigenvalue weighted by atomic mass is 79.9. The van der Waals surface area contributed by atoms with E-state index in [0.717, 1.165) is 5.69 Å². The quantitative estimate of drug-likeness (QED) is 0.620. The summed E-state index contributed by atoms with van der Waals surface area (Å²) < 4.78 is 0. The van der Waals surface area contributed by atoms with Crippen molar-refractivity contribution in [3.05, 3.63) is 29.6 Å². The van der Waals surface area contributed by atoms with Gasteiger partial charge in [-0.25, -0.2) is 0 Å². The second-order valence-electron chi connectivity index (χ2n) is 2.25. The molecule has 0 saturated heterocycles. The number of Topliss-reactive ketones (excluding diaryl/α,β-unsaturated/α-hetero) is 1. The van der Waals surface area contributed by atoms with Crippen LogP contribution < -0.4 is 0 Å². The zero-order chi connectivity index (χ0) is 8.27. The van der Waals surface area contributed by atoms with Crippen molar-refractivity contribution < 1.29 is 4.79 Å². The lowest BCUT2D eigenvalue weighted by atomic mass is 10.2. The summed E-state index contributed by atoms with van der Waals surface area (Å²) in [5, 5.41) is 0.359.